The van der Waals surface area contributed by atoms with Crippen LogP contribution in [0.2, 0.25) is 0 Å². The van der Waals surface area contributed by atoms with Gasteiger partial charge in [-0.15, -0.1) is 0 Å². The number of carbonyl (C=O) groups is 4. The van der Waals surface area contributed by atoms with Gasteiger partial charge >= 0.3 is 0 Å². The van der Waals surface area contributed by atoms with Gasteiger partial charge in [0.15, 0.2) is 0 Å². The maximum absolute atomic E-state index is 13.7. The molecule has 12 heteroatoms. The molecule has 0 radical (unpaired) electrons. The van der Waals surface area contributed by atoms with Crippen molar-refractivity contribution in [3.05, 3.63) is 82.4 Å². The van der Waals surface area contributed by atoms with E-state index >= 15 is 0 Å². The standard InChI is InChI=1S/C40H44N8O4/c49-37-33-31-25-9-2-4-11-27(25)41-29(31)13-8-14-30-32(26-10-3-5-12-28(26)42-30)34-36(40(52)44-38(34)50)48-23-19-46(20-24-48)16-7-1-6-15-45-17-21-47(22-18-45)35(33)39(51)43-37/h2-5,9-12,41-42H,1,6-8,13-24H2,(H,43,49,51)(H,44,50,52). The number of H-pyrrole nitrogens is 2. The fourth-order valence-electron chi connectivity index (χ4n) is 8.98. The first-order valence-corrected chi connectivity index (χ1v) is 18.8. The lowest BCUT2D eigenvalue weighted by molar-refractivity contribution is -0.126. The number of rotatable bonds is 0. The molecule has 2 aromatic heterocycles. The summed E-state index contributed by atoms with van der Waals surface area (Å²) in [6, 6.07) is 15.9. The van der Waals surface area contributed by atoms with E-state index in [0.29, 0.717) is 68.0 Å². The van der Waals surface area contributed by atoms with Gasteiger partial charge in [-0.2, -0.15) is 0 Å². The number of fused-ring (bicyclic) bond motifs is 4. The summed E-state index contributed by atoms with van der Waals surface area (Å²) in [6.07, 6.45) is 5.24. The smallest absolute Gasteiger partial charge is 0.275 e. The molecule has 0 saturated carbocycles. The molecule has 4 amide bonds. The molecule has 2 saturated heterocycles. The second kappa shape index (κ2) is 13.4. The molecule has 4 aromatic rings. The van der Waals surface area contributed by atoms with E-state index in [0.717, 1.165) is 103 Å². The Bertz CT molecular complexity index is 2020. The summed E-state index contributed by atoms with van der Waals surface area (Å²) in [5, 5.41) is 7.08. The highest BCUT2D eigenvalue weighted by atomic mass is 16.2. The number of nitrogens with zero attached hydrogens (tertiary/aromatic N) is 4. The molecule has 0 unspecified atom stereocenters. The average Bonchev–Trinajstić information content (AvgIpc) is 3.86. The summed E-state index contributed by atoms with van der Waals surface area (Å²) < 4.78 is 0. The van der Waals surface area contributed by atoms with Gasteiger partial charge in [0.2, 0.25) is 0 Å². The summed E-state index contributed by atoms with van der Waals surface area (Å²) in [5.41, 5.74) is 7.03. The van der Waals surface area contributed by atoms with E-state index in [1.54, 1.807) is 0 Å². The number of benzene rings is 2. The topological polar surface area (TPSA) is 137 Å². The second-order valence-corrected chi connectivity index (χ2v) is 14.6. The van der Waals surface area contributed by atoms with Crippen LogP contribution in [0.5, 0.6) is 0 Å². The Morgan fingerprint density at radius 2 is 0.865 bits per heavy atom. The maximum atomic E-state index is 13.7. The Labute approximate surface area is 301 Å². The summed E-state index contributed by atoms with van der Waals surface area (Å²) in [5.74, 6) is -1.38. The molecule has 0 spiro atoms. The van der Waals surface area contributed by atoms with Gasteiger partial charge in [0.1, 0.15) is 11.4 Å². The van der Waals surface area contributed by atoms with Crippen LogP contribution in [0, 0.1) is 0 Å². The number of aromatic amines is 2. The van der Waals surface area contributed by atoms with Crippen LogP contribution in [0.15, 0.2) is 59.9 Å². The molecule has 4 bridgehead atoms. The van der Waals surface area contributed by atoms with Crippen molar-refractivity contribution in [1.29, 1.82) is 0 Å². The molecule has 2 aromatic carbocycles. The van der Waals surface area contributed by atoms with Crippen molar-refractivity contribution in [2.75, 3.05) is 65.4 Å². The summed E-state index contributed by atoms with van der Waals surface area (Å²) in [7, 11) is 0. The van der Waals surface area contributed by atoms with E-state index in [1.165, 1.54) is 0 Å². The van der Waals surface area contributed by atoms with Gasteiger partial charge in [-0.3, -0.25) is 39.6 Å². The Morgan fingerprint density at radius 3 is 1.31 bits per heavy atom. The maximum Gasteiger partial charge on any atom is 0.275 e. The SMILES string of the molecule is O=C1NC(=O)C2=C1c1c([nH]c3ccccc13)CCCc1[nH]c3ccccc3c1C1=C(C(=O)NC1=O)N1CCN(CCCCCN3CCN2CC3)CC1. The van der Waals surface area contributed by atoms with E-state index in [9.17, 15) is 19.2 Å². The highest BCUT2D eigenvalue weighted by Crippen LogP contribution is 2.38. The molecule has 7 aliphatic rings. The number of para-hydroxylation sites is 2. The summed E-state index contributed by atoms with van der Waals surface area (Å²) >= 11 is 0. The monoisotopic (exact) mass is 700 g/mol. The highest BCUT2D eigenvalue weighted by molar-refractivity contribution is 6.38. The first-order chi connectivity index (χ1) is 25.4. The molecular formula is C40H44N8O4. The summed E-state index contributed by atoms with van der Waals surface area (Å²) in [4.78, 5) is 70.6. The zero-order valence-corrected chi connectivity index (χ0v) is 29.4. The molecule has 2 fully saturated rings. The number of piperazine rings is 2. The predicted molar refractivity (Wildman–Crippen MR) is 199 cm³/mol. The van der Waals surface area contributed by atoms with Crippen LogP contribution in [-0.4, -0.2) is 119 Å². The third kappa shape index (κ3) is 5.70. The molecule has 0 atom stereocenters. The quantitative estimate of drug-likeness (QED) is 0.206. The third-order valence-corrected chi connectivity index (χ3v) is 11.6. The molecule has 12 nitrogen and oxygen atoms in total. The zero-order valence-electron chi connectivity index (χ0n) is 29.4. The van der Waals surface area contributed by atoms with Crippen LogP contribution < -0.4 is 10.6 Å². The van der Waals surface area contributed by atoms with Crippen molar-refractivity contribution in [2.45, 2.75) is 38.5 Å². The number of carbonyl (C=O) groups excluding carboxylic acids is 4. The molecule has 0 aliphatic carbocycles. The molecule has 7 aliphatic heterocycles. The van der Waals surface area contributed by atoms with Crippen LogP contribution in [0.3, 0.4) is 0 Å². The van der Waals surface area contributed by atoms with Crippen LogP contribution in [0.4, 0.5) is 0 Å². The highest BCUT2D eigenvalue weighted by Gasteiger charge is 2.40. The van der Waals surface area contributed by atoms with Crippen molar-refractivity contribution in [1.82, 2.24) is 40.2 Å². The minimum Gasteiger partial charge on any atom is -0.364 e. The van der Waals surface area contributed by atoms with E-state index < -0.39 is 0 Å². The largest absolute Gasteiger partial charge is 0.364 e. The van der Waals surface area contributed by atoms with Crippen LogP contribution >= 0.6 is 0 Å². The zero-order chi connectivity index (χ0) is 35.3. The number of imide groups is 2. The van der Waals surface area contributed by atoms with Crippen molar-refractivity contribution >= 4 is 56.6 Å². The van der Waals surface area contributed by atoms with E-state index in [1.807, 2.05) is 48.5 Å². The molecule has 9 heterocycles. The molecule has 11 rings (SSSR count). The fraction of sp³-hybridized carbons (Fsp3) is 0.400. The van der Waals surface area contributed by atoms with Crippen LogP contribution in [-0.2, 0) is 32.0 Å². The van der Waals surface area contributed by atoms with Gasteiger partial charge in [-0.1, -0.05) is 42.8 Å². The Kier molecular flexibility index (Phi) is 8.43. The molecule has 52 heavy (non-hydrogen) atoms. The predicted octanol–water partition coefficient (Wildman–Crippen LogP) is 2.98. The lowest BCUT2D eigenvalue weighted by atomic mass is 9.95. The Hall–Kier alpha value is -5.20. The number of nitrogens with one attached hydrogen (secondary N) is 4. The van der Waals surface area contributed by atoms with Crippen LogP contribution in [0.25, 0.3) is 33.0 Å². The molecule has 4 N–H and O–H groups in total. The summed E-state index contributed by atoms with van der Waals surface area (Å²) in [6.45, 7) is 8.20. The van der Waals surface area contributed by atoms with Crippen molar-refractivity contribution in [3.8, 4) is 0 Å². The fourth-order valence-corrected chi connectivity index (χ4v) is 8.98. The Morgan fingerprint density at radius 1 is 0.442 bits per heavy atom. The number of aryl methyl sites for hydroxylation is 2. The van der Waals surface area contributed by atoms with Gasteiger partial charge in [-0.05, 0) is 57.3 Å². The lowest BCUT2D eigenvalue weighted by Crippen LogP contribution is -2.47. The first-order valence-electron chi connectivity index (χ1n) is 18.8. The first kappa shape index (κ1) is 32.7. The Balaban J connectivity index is 1.13. The number of aromatic nitrogens is 2. The van der Waals surface area contributed by atoms with Gasteiger partial charge in [-0.25, -0.2) is 0 Å². The van der Waals surface area contributed by atoms with Crippen molar-refractivity contribution in [3.63, 3.8) is 0 Å². The normalized spacial score (nSPS) is 23.5. The lowest BCUT2D eigenvalue weighted by Gasteiger charge is -2.37. The van der Waals surface area contributed by atoms with Gasteiger partial charge < -0.3 is 19.8 Å². The number of hydrogen-bond acceptors (Lipinski definition) is 8. The minimum absolute atomic E-state index is 0.331. The van der Waals surface area contributed by atoms with Gasteiger partial charge in [0.05, 0.1) is 11.1 Å². The van der Waals surface area contributed by atoms with Gasteiger partial charge in [0.25, 0.3) is 23.6 Å². The number of hydrogen-bond donors (Lipinski definition) is 4. The number of amides is 4. The average molecular weight is 701 g/mol. The van der Waals surface area contributed by atoms with E-state index in [-0.39, 0.29) is 23.6 Å². The minimum atomic E-state index is -0.357. The molecular weight excluding hydrogens is 656 g/mol. The van der Waals surface area contributed by atoms with E-state index in [4.69, 9.17) is 0 Å². The van der Waals surface area contributed by atoms with Crippen molar-refractivity contribution in [2.24, 2.45) is 0 Å². The van der Waals surface area contributed by atoms with E-state index in [2.05, 4.69) is 40.2 Å². The van der Waals surface area contributed by atoms with Crippen LogP contribution in [0.1, 0.15) is 48.2 Å². The second-order valence-electron chi connectivity index (χ2n) is 14.6. The molecule has 268 valence electrons. The van der Waals surface area contributed by atoms with Crippen molar-refractivity contribution < 1.29 is 19.2 Å². The third-order valence-electron chi connectivity index (χ3n) is 11.6. The van der Waals surface area contributed by atoms with Gasteiger partial charge in [0, 0.05) is 96.7 Å².